The minimum atomic E-state index is 0.813. The number of hydrogen-bond donors (Lipinski definition) is 0. The fourth-order valence-corrected chi connectivity index (χ4v) is 6.77. The molecule has 6 aromatic heterocycles. The van der Waals surface area contributed by atoms with E-state index in [0.717, 1.165) is 94.0 Å². The van der Waals surface area contributed by atoms with Gasteiger partial charge >= 0.3 is 0 Å². The van der Waals surface area contributed by atoms with Crippen molar-refractivity contribution in [2.24, 2.45) is 0 Å². The van der Waals surface area contributed by atoms with Crippen LogP contribution < -0.4 is 0 Å². The number of rotatable bonds is 0. The Morgan fingerprint density at radius 2 is 1.21 bits per heavy atom. The average molecular weight is 502 g/mol. The summed E-state index contributed by atoms with van der Waals surface area (Å²) in [4.78, 5) is 10.4. The SMILES string of the molecule is c1ccc2c(c1)oc1cc3c(cc12)nc1n3c2cccc3c2n1c1nc2c4oc5ccccc5c4ccc2n31. The highest BCUT2D eigenvalue weighted by molar-refractivity contribution is 6.15. The molecule has 0 unspecified atom stereocenters. The summed E-state index contributed by atoms with van der Waals surface area (Å²) < 4.78 is 19.2. The summed E-state index contributed by atoms with van der Waals surface area (Å²) in [5.74, 6) is 1.66. The quantitative estimate of drug-likeness (QED) is 0.212. The summed E-state index contributed by atoms with van der Waals surface area (Å²) >= 11 is 0. The molecule has 11 rings (SSSR count). The Labute approximate surface area is 217 Å². The van der Waals surface area contributed by atoms with E-state index < -0.39 is 0 Å². The number of nitrogens with zero attached hydrogens (tertiary/aromatic N) is 5. The maximum Gasteiger partial charge on any atom is 0.223 e. The van der Waals surface area contributed by atoms with Crippen LogP contribution in [0.1, 0.15) is 0 Å². The number of para-hydroxylation sites is 3. The third-order valence-electron chi connectivity index (χ3n) is 8.39. The van der Waals surface area contributed by atoms with Crippen molar-refractivity contribution >= 4 is 94.0 Å². The highest BCUT2D eigenvalue weighted by Crippen LogP contribution is 2.39. The molecule has 0 N–H and O–H groups in total. The van der Waals surface area contributed by atoms with Gasteiger partial charge < -0.3 is 8.83 Å². The van der Waals surface area contributed by atoms with E-state index in [1.807, 2.05) is 36.4 Å². The monoisotopic (exact) mass is 501 g/mol. The maximum atomic E-state index is 6.33. The number of fused-ring (bicyclic) bond motifs is 17. The Bertz CT molecular complexity index is 2820. The van der Waals surface area contributed by atoms with Crippen molar-refractivity contribution in [3.05, 3.63) is 91.0 Å². The summed E-state index contributed by atoms with van der Waals surface area (Å²) in [5, 5.41) is 4.35. The minimum Gasteiger partial charge on any atom is -0.456 e. The molecule has 7 nitrogen and oxygen atoms in total. The Morgan fingerprint density at radius 1 is 0.487 bits per heavy atom. The lowest BCUT2D eigenvalue weighted by Crippen LogP contribution is -1.87. The molecule has 0 fully saturated rings. The first-order valence-corrected chi connectivity index (χ1v) is 12.9. The first kappa shape index (κ1) is 18.6. The Kier molecular flexibility index (Phi) is 2.84. The van der Waals surface area contributed by atoms with Crippen LogP contribution in [-0.4, -0.2) is 23.2 Å². The fourth-order valence-electron chi connectivity index (χ4n) is 6.77. The van der Waals surface area contributed by atoms with Crippen LogP contribution in [0, 0.1) is 0 Å². The van der Waals surface area contributed by atoms with Crippen molar-refractivity contribution in [3.8, 4) is 0 Å². The molecule has 5 aromatic carbocycles. The van der Waals surface area contributed by atoms with Crippen LogP contribution in [0.3, 0.4) is 0 Å². The molecule has 0 aliphatic carbocycles. The van der Waals surface area contributed by atoms with Crippen molar-refractivity contribution in [2.75, 3.05) is 0 Å². The Hall–Kier alpha value is -5.56. The lowest BCUT2D eigenvalue weighted by molar-refractivity contribution is 0.669. The van der Waals surface area contributed by atoms with Gasteiger partial charge in [0.15, 0.2) is 5.58 Å². The summed E-state index contributed by atoms with van der Waals surface area (Å²) in [6, 6.07) is 31.3. The van der Waals surface area contributed by atoms with E-state index in [1.54, 1.807) is 0 Å². The number of imidazole rings is 4. The second-order valence-electron chi connectivity index (χ2n) is 10.3. The molecule has 39 heavy (non-hydrogen) atoms. The zero-order valence-corrected chi connectivity index (χ0v) is 20.2. The highest BCUT2D eigenvalue weighted by Gasteiger charge is 2.25. The molecule has 0 saturated heterocycles. The third-order valence-corrected chi connectivity index (χ3v) is 8.39. The molecule has 0 spiro atoms. The predicted molar refractivity (Wildman–Crippen MR) is 153 cm³/mol. The van der Waals surface area contributed by atoms with Gasteiger partial charge in [-0.1, -0.05) is 42.5 Å². The molecule has 0 aliphatic rings. The number of hydrogen-bond acceptors (Lipinski definition) is 4. The molecule has 6 heterocycles. The van der Waals surface area contributed by atoms with Crippen molar-refractivity contribution in [2.45, 2.75) is 0 Å². The highest BCUT2D eigenvalue weighted by atomic mass is 16.3. The van der Waals surface area contributed by atoms with Gasteiger partial charge in [0, 0.05) is 27.6 Å². The largest absolute Gasteiger partial charge is 0.456 e. The molecular weight excluding hydrogens is 486 g/mol. The van der Waals surface area contributed by atoms with E-state index in [2.05, 4.69) is 67.8 Å². The molecule has 0 bridgehead atoms. The van der Waals surface area contributed by atoms with Crippen molar-refractivity contribution in [3.63, 3.8) is 0 Å². The second-order valence-corrected chi connectivity index (χ2v) is 10.3. The van der Waals surface area contributed by atoms with E-state index in [9.17, 15) is 0 Å². The normalized spacial score (nSPS) is 13.1. The molecule has 180 valence electrons. The molecule has 11 aromatic rings. The molecule has 0 aliphatic heterocycles. The van der Waals surface area contributed by atoms with Crippen molar-refractivity contribution in [1.29, 1.82) is 0 Å². The summed E-state index contributed by atoms with van der Waals surface area (Å²) in [7, 11) is 0. The lowest BCUT2D eigenvalue weighted by Gasteiger charge is -1.98. The van der Waals surface area contributed by atoms with Crippen LogP contribution in [0.4, 0.5) is 0 Å². The van der Waals surface area contributed by atoms with Gasteiger partial charge in [-0.25, -0.2) is 14.4 Å². The van der Waals surface area contributed by atoms with Crippen molar-refractivity contribution < 1.29 is 8.83 Å². The van der Waals surface area contributed by atoms with Crippen LogP contribution in [-0.2, 0) is 0 Å². The van der Waals surface area contributed by atoms with Gasteiger partial charge in [0.1, 0.15) is 27.8 Å². The van der Waals surface area contributed by atoms with Crippen molar-refractivity contribution in [1.82, 2.24) is 23.2 Å². The molecule has 0 amide bonds. The maximum absolute atomic E-state index is 6.33. The van der Waals surface area contributed by atoms with Gasteiger partial charge in [-0.05, 0) is 42.5 Å². The number of furan rings is 2. The molecule has 0 radical (unpaired) electrons. The first-order chi connectivity index (χ1) is 19.3. The van der Waals surface area contributed by atoms with E-state index in [1.165, 1.54) is 0 Å². The fraction of sp³-hybridized carbons (Fsp3) is 0. The zero-order chi connectivity index (χ0) is 25.0. The first-order valence-electron chi connectivity index (χ1n) is 12.9. The van der Waals surface area contributed by atoms with Gasteiger partial charge in [0.05, 0.1) is 27.6 Å². The van der Waals surface area contributed by atoms with Crippen LogP contribution in [0.15, 0.2) is 99.8 Å². The average Bonchev–Trinajstić information content (AvgIpc) is 3.78. The van der Waals surface area contributed by atoms with Gasteiger partial charge in [-0.3, -0.25) is 8.80 Å². The molecule has 7 heteroatoms. The van der Waals surface area contributed by atoms with Gasteiger partial charge in [-0.2, -0.15) is 0 Å². The van der Waals surface area contributed by atoms with E-state index >= 15 is 0 Å². The van der Waals surface area contributed by atoms with E-state index in [0.29, 0.717) is 0 Å². The minimum absolute atomic E-state index is 0.813. The molecular formula is C32H15N5O2. The number of aromatic nitrogens is 5. The Balaban J connectivity index is 1.34. The van der Waals surface area contributed by atoms with Crippen LogP contribution in [0.2, 0.25) is 0 Å². The zero-order valence-electron chi connectivity index (χ0n) is 20.2. The third kappa shape index (κ3) is 1.97. The topological polar surface area (TPSA) is 65.3 Å². The van der Waals surface area contributed by atoms with Crippen LogP contribution in [0.25, 0.3) is 94.0 Å². The van der Waals surface area contributed by atoms with Gasteiger partial charge in [-0.15, -0.1) is 0 Å². The van der Waals surface area contributed by atoms with E-state index in [4.69, 9.17) is 18.8 Å². The molecule has 0 atom stereocenters. The van der Waals surface area contributed by atoms with Gasteiger partial charge in [0.2, 0.25) is 11.6 Å². The summed E-state index contributed by atoms with van der Waals surface area (Å²) in [5.41, 5.74) is 10.5. The summed E-state index contributed by atoms with van der Waals surface area (Å²) in [6.45, 7) is 0. The van der Waals surface area contributed by atoms with Crippen LogP contribution in [0.5, 0.6) is 0 Å². The van der Waals surface area contributed by atoms with E-state index in [-0.39, 0.29) is 0 Å². The summed E-state index contributed by atoms with van der Waals surface area (Å²) in [6.07, 6.45) is 0. The second kappa shape index (κ2) is 5.95. The Morgan fingerprint density at radius 3 is 2.05 bits per heavy atom. The standard InChI is InChI=1S/C32H15N5O2/c1-4-11-26-16(6-1)18-12-13-21-28(30(18)39-26)34-32-35(21)22-8-5-9-23-29(22)37(32)31-33-20-14-19-17-7-2-3-10-25(17)38-27(19)15-24(20)36(23)31/h1-15H. The predicted octanol–water partition coefficient (Wildman–Crippen LogP) is 7.93. The number of benzene rings is 5. The lowest BCUT2D eigenvalue weighted by atomic mass is 10.1. The smallest absolute Gasteiger partial charge is 0.223 e. The van der Waals surface area contributed by atoms with Gasteiger partial charge in [0.25, 0.3) is 0 Å². The van der Waals surface area contributed by atoms with Crippen LogP contribution >= 0.6 is 0 Å². The molecule has 0 saturated carbocycles.